The SMILES string of the molecule is O=C(NC1(COC(F)F)CC1)c1noc2c1CN(C(=O)c1cc3ccccc3[nH]1)CC2. The number of nitrogens with zero attached hydrogens (tertiary/aromatic N) is 2. The molecule has 0 atom stereocenters. The average molecular weight is 430 g/mol. The van der Waals surface area contributed by atoms with Gasteiger partial charge in [0, 0.05) is 29.4 Å². The minimum atomic E-state index is -2.89. The van der Waals surface area contributed by atoms with E-state index in [0.29, 0.717) is 42.8 Å². The molecular formula is C21H20F2N4O4. The number of H-pyrrole nitrogens is 1. The number of alkyl halides is 2. The van der Waals surface area contributed by atoms with E-state index < -0.39 is 18.1 Å². The molecule has 1 aromatic carbocycles. The Kier molecular flexibility index (Phi) is 4.73. The zero-order chi connectivity index (χ0) is 21.6. The predicted octanol–water partition coefficient (Wildman–Crippen LogP) is 2.86. The number of benzene rings is 1. The highest BCUT2D eigenvalue weighted by Crippen LogP contribution is 2.36. The van der Waals surface area contributed by atoms with E-state index in [1.807, 2.05) is 24.3 Å². The number of rotatable bonds is 6. The number of para-hydroxylation sites is 1. The summed E-state index contributed by atoms with van der Waals surface area (Å²) in [6.45, 7) is -2.54. The first-order valence-corrected chi connectivity index (χ1v) is 10.0. The van der Waals surface area contributed by atoms with E-state index in [0.717, 1.165) is 10.9 Å². The number of aromatic amines is 1. The molecule has 10 heteroatoms. The first-order valence-electron chi connectivity index (χ1n) is 10.0. The van der Waals surface area contributed by atoms with Crippen molar-refractivity contribution in [3.05, 3.63) is 53.0 Å². The number of fused-ring (bicyclic) bond motifs is 2. The number of aromatic nitrogens is 2. The Labute approximate surface area is 175 Å². The van der Waals surface area contributed by atoms with E-state index in [9.17, 15) is 18.4 Å². The largest absolute Gasteiger partial charge is 0.360 e. The van der Waals surface area contributed by atoms with E-state index in [1.165, 1.54) is 0 Å². The van der Waals surface area contributed by atoms with Crippen LogP contribution in [0.25, 0.3) is 10.9 Å². The molecule has 162 valence electrons. The van der Waals surface area contributed by atoms with Crippen LogP contribution in [0.1, 0.15) is 45.1 Å². The zero-order valence-corrected chi connectivity index (χ0v) is 16.5. The van der Waals surface area contributed by atoms with Gasteiger partial charge in [-0.05, 0) is 25.0 Å². The van der Waals surface area contributed by atoms with Crippen LogP contribution in [0.4, 0.5) is 8.78 Å². The molecule has 1 aliphatic carbocycles. The fraction of sp³-hybridized carbons (Fsp3) is 0.381. The Morgan fingerprint density at radius 1 is 1.32 bits per heavy atom. The third-order valence-corrected chi connectivity index (χ3v) is 5.81. The average Bonchev–Trinajstić information content (AvgIpc) is 3.20. The summed E-state index contributed by atoms with van der Waals surface area (Å²) < 4.78 is 34.4. The van der Waals surface area contributed by atoms with Gasteiger partial charge in [0.05, 0.1) is 18.7 Å². The van der Waals surface area contributed by atoms with Crippen molar-refractivity contribution in [2.45, 2.75) is 38.0 Å². The molecule has 0 saturated heterocycles. The lowest BCUT2D eigenvalue weighted by Gasteiger charge is -2.26. The van der Waals surface area contributed by atoms with Crippen molar-refractivity contribution in [3.63, 3.8) is 0 Å². The van der Waals surface area contributed by atoms with Gasteiger partial charge in [0.2, 0.25) is 0 Å². The van der Waals surface area contributed by atoms with Crippen LogP contribution < -0.4 is 5.32 Å². The molecule has 0 unspecified atom stereocenters. The van der Waals surface area contributed by atoms with Crippen molar-refractivity contribution in [1.29, 1.82) is 0 Å². The fourth-order valence-corrected chi connectivity index (χ4v) is 3.90. The summed E-state index contributed by atoms with van der Waals surface area (Å²) in [5, 5.41) is 7.56. The highest BCUT2D eigenvalue weighted by molar-refractivity contribution is 5.98. The molecule has 1 aliphatic heterocycles. The molecule has 1 saturated carbocycles. The van der Waals surface area contributed by atoms with E-state index in [1.54, 1.807) is 11.0 Å². The van der Waals surface area contributed by atoms with Gasteiger partial charge in [0.15, 0.2) is 5.69 Å². The highest BCUT2D eigenvalue weighted by atomic mass is 19.3. The summed E-state index contributed by atoms with van der Waals surface area (Å²) in [5.74, 6) is -0.141. The molecule has 2 aliphatic rings. The molecule has 0 spiro atoms. The van der Waals surface area contributed by atoms with Crippen LogP contribution in [0.3, 0.4) is 0 Å². The number of carbonyl (C=O) groups excluding carboxylic acids is 2. The molecule has 5 rings (SSSR count). The highest BCUT2D eigenvalue weighted by Gasteiger charge is 2.46. The normalized spacial score (nSPS) is 17.1. The third kappa shape index (κ3) is 3.78. The van der Waals surface area contributed by atoms with E-state index in [4.69, 9.17) is 4.52 Å². The monoisotopic (exact) mass is 430 g/mol. The van der Waals surface area contributed by atoms with Gasteiger partial charge in [-0.15, -0.1) is 0 Å². The van der Waals surface area contributed by atoms with E-state index >= 15 is 0 Å². The smallest absolute Gasteiger partial charge is 0.345 e. The predicted molar refractivity (Wildman–Crippen MR) is 105 cm³/mol. The second-order valence-corrected chi connectivity index (χ2v) is 7.99. The quantitative estimate of drug-likeness (QED) is 0.626. The van der Waals surface area contributed by atoms with Gasteiger partial charge in [-0.25, -0.2) is 0 Å². The van der Waals surface area contributed by atoms with Crippen LogP contribution >= 0.6 is 0 Å². The number of halogens is 2. The lowest BCUT2D eigenvalue weighted by atomic mass is 10.0. The lowest BCUT2D eigenvalue weighted by molar-refractivity contribution is -0.135. The van der Waals surface area contributed by atoms with E-state index in [2.05, 4.69) is 20.2 Å². The van der Waals surface area contributed by atoms with Crippen LogP contribution in [-0.4, -0.2) is 52.2 Å². The molecule has 1 fully saturated rings. The number of hydrogen-bond donors (Lipinski definition) is 2. The number of hydrogen-bond acceptors (Lipinski definition) is 5. The molecule has 0 radical (unpaired) electrons. The van der Waals surface area contributed by atoms with Crippen LogP contribution in [0.5, 0.6) is 0 Å². The van der Waals surface area contributed by atoms with Crippen molar-refractivity contribution in [3.8, 4) is 0 Å². The maximum absolute atomic E-state index is 13.0. The number of carbonyl (C=O) groups is 2. The molecule has 2 amide bonds. The van der Waals surface area contributed by atoms with Crippen molar-refractivity contribution in [2.75, 3.05) is 13.2 Å². The van der Waals surface area contributed by atoms with E-state index in [-0.39, 0.29) is 24.8 Å². The fourth-order valence-electron chi connectivity index (χ4n) is 3.90. The van der Waals surface area contributed by atoms with Crippen molar-refractivity contribution >= 4 is 22.7 Å². The summed E-state index contributed by atoms with van der Waals surface area (Å²) in [4.78, 5) is 30.5. The third-order valence-electron chi connectivity index (χ3n) is 5.81. The molecule has 2 N–H and O–H groups in total. The maximum Gasteiger partial charge on any atom is 0.345 e. The van der Waals surface area contributed by atoms with Gasteiger partial charge < -0.3 is 24.5 Å². The van der Waals surface area contributed by atoms with Gasteiger partial charge in [0.1, 0.15) is 11.5 Å². The van der Waals surface area contributed by atoms with Crippen molar-refractivity contribution in [1.82, 2.24) is 20.4 Å². The van der Waals surface area contributed by atoms with Crippen LogP contribution in [-0.2, 0) is 17.7 Å². The molecule has 2 aromatic heterocycles. The van der Waals surface area contributed by atoms with Gasteiger partial charge in [-0.1, -0.05) is 23.4 Å². The van der Waals surface area contributed by atoms with Gasteiger partial charge >= 0.3 is 6.61 Å². The van der Waals surface area contributed by atoms with Crippen molar-refractivity contribution < 1.29 is 27.6 Å². The molecule has 0 bridgehead atoms. The summed E-state index contributed by atoms with van der Waals surface area (Å²) in [5.41, 5.74) is 1.15. The summed E-state index contributed by atoms with van der Waals surface area (Å²) in [6, 6.07) is 9.41. The Bertz CT molecular complexity index is 1120. The number of ether oxygens (including phenoxy) is 1. The minimum Gasteiger partial charge on any atom is -0.360 e. The Morgan fingerprint density at radius 3 is 2.87 bits per heavy atom. The number of amides is 2. The molecular weight excluding hydrogens is 410 g/mol. The van der Waals surface area contributed by atoms with Crippen LogP contribution in [0, 0.1) is 0 Å². The van der Waals surface area contributed by atoms with Gasteiger partial charge in [-0.2, -0.15) is 8.78 Å². The second-order valence-electron chi connectivity index (χ2n) is 7.99. The Morgan fingerprint density at radius 2 is 2.13 bits per heavy atom. The zero-order valence-electron chi connectivity index (χ0n) is 16.5. The maximum atomic E-state index is 13.0. The Balaban J connectivity index is 1.31. The van der Waals surface area contributed by atoms with Crippen LogP contribution in [0.15, 0.2) is 34.9 Å². The summed E-state index contributed by atoms with van der Waals surface area (Å²) >= 11 is 0. The Hall–Kier alpha value is -3.27. The second kappa shape index (κ2) is 7.45. The first-order chi connectivity index (χ1) is 14.9. The lowest BCUT2D eigenvalue weighted by Crippen LogP contribution is -2.42. The molecule has 31 heavy (non-hydrogen) atoms. The van der Waals surface area contributed by atoms with Crippen molar-refractivity contribution in [2.24, 2.45) is 0 Å². The summed E-state index contributed by atoms with van der Waals surface area (Å²) in [7, 11) is 0. The molecule has 3 aromatic rings. The van der Waals surface area contributed by atoms with Crippen LogP contribution in [0.2, 0.25) is 0 Å². The summed E-state index contributed by atoms with van der Waals surface area (Å²) in [6.07, 6.45) is 1.54. The molecule has 8 nitrogen and oxygen atoms in total. The standard InChI is InChI=1S/C21H20F2N4O4/c22-20(23)30-11-21(6-7-21)25-18(28)17-13-10-27(8-5-16(13)31-26-17)19(29)15-9-12-3-1-2-4-14(12)24-15/h1-4,9,20,24H,5-8,10-11H2,(H,25,28). The number of nitrogens with one attached hydrogen (secondary N) is 2. The first kappa shape index (κ1) is 19.7. The van der Waals surface area contributed by atoms with Gasteiger partial charge in [0.25, 0.3) is 11.8 Å². The van der Waals surface area contributed by atoms with Gasteiger partial charge in [-0.3, -0.25) is 9.59 Å². The topological polar surface area (TPSA) is 100 Å². The molecule has 3 heterocycles. The minimum absolute atomic E-state index is 0.0764.